The monoisotopic (exact) mass is 162 g/mol. The van der Waals surface area contributed by atoms with E-state index in [0.29, 0.717) is 0 Å². The van der Waals surface area contributed by atoms with E-state index in [2.05, 4.69) is 0 Å². The van der Waals surface area contributed by atoms with Crippen LogP contribution in [0.4, 0.5) is 4.39 Å². The summed E-state index contributed by atoms with van der Waals surface area (Å²) < 4.78 is 12.8. The fraction of sp³-hybridized carbons (Fsp3) is 0.400. The Balaban J connectivity index is 3.23. The molecule has 0 aliphatic carbocycles. The summed E-state index contributed by atoms with van der Waals surface area (Å²) >= 11 is 0. The molecule has 62 valence electrons. The smallest absolute Gasteiger partial charge is 0.123 e. The molecule has 0 aliphatic heterocycles. The summed E-state index contributed by atoms with van der Waals surface area (Å²) in [7, 11) is 5.86. The molecule has 2 heteroatoms. The Labute approximate surface area is 74.2 Å². The predicted molar refractivity (Wildman–Crippen MR) is 49.9 cm³/mol. The molecule has 0 saturated heterocycles. The first kappa shape index (κ1) is 9.30. The summed E-state index contributed by atoms with van der Waals surface area (Å²) in [6.45, 7) is 5.67. The van der Waals surface area contributed by atoms with Crippen LogP contribution in [0.5, 0.6) is 0 Å². The van der Waals surface area contributed by atoms with Gasteiger partial charge in [0, 0.05) is 0 Å². The predicted octanol–water partition coefficient (Wildman–Crippen LogP) is 2.54. The van der Waals surface area contributed by atoms with E-state index in [4.69, 9.17) is 7.85 Å². The van der Waals surface area contributed by atoms with Crippen LogP contribution >= 0.6 is 0 Å². The molecule has 0 nitrogen and oxygen atoms in total. The average molecular weight is 162 g/mol. The lowest BCUT2D eigenvalue weighted by Gasteiger charge is -2.21. The minimum atomic E-state index is -0.466. The maximum Gasteiger partial charge on any atom is 0.123 e. The second-order valence-corrected chi connectivity index (χ2v) is 3.68. The lowest BCUT2D eigenvalue weighted by Crippen LogP contribution is -2.18. The van der Waals surface area contributed by atoms with Crippen molar-refractivity contribution in [2.75, 3.05) is 0 Å². The van der Waals surface area contributed by atoms with Crippen LogP contribution in [0.3, 0.4) is 0 Å². The van der Waals surface area contributed by atoms with Crippen molar-refractivity contribution in [1.82, 2.24) is 0 Å². The van der Waals surface area contributed by atoms with Crippen LogP contribution in [-0.2, 0) is 5.31 Å². The van der Waals surface area contributed by atoms with Gasteiger partial charge < -0.3 is 0 Å². The van der Waals surface area contributed by atoms with E-state index in [1.54, 1.807) is 6.07 Å². The number of aryl methyl sites for hydroxylation is 1. The Bertz CT molecular complexity index is 286. The third-order valence-corrected chi connectivity index (χ3v) is 1.89. The van der Waals surface area contributed by atoms with Crippen molar-refractivity contribution in [1.29, 1.82) is 0 Å². The summed E-state index contributed by atoms with van der Waals surface area (Å²) in [4.78, 5) is 0. The van der Waals surface area contributed by atoms with E-state index < -0.39 is 5.31 Å². The molecule has 0 bridgehead atoms. The summed E-state index contributed by atoms with van der Waals surface area (Å²) in [5.41, 5.74) is 1.89. The quantitative estimate of drug-likeness (QED) is 0.556. The fourth-order valence-corrected chi connectivity index (χ4v) is 1.29. The van der Waals surface area contributed by atoms with Crippen molar-refractivity contribution in [3.05, 3.63) is 35.1 Å². The van der Waals surface area contributed by atoms with Gasteiger partial charge in [-0.3, -0.25) is 0 Å². The molecule has 12 heavy (non-hydrogen) atoms. The highest BCUT2D eigenvalue weighted by Crippen LogP contribution is 2.23. The maximum atomic E-state index is 12.8. The fourth-order valence-electron chi connectivity index (χ4n) is 1.29. The van der Waals surface area contributed by atoms with Gasteiger partial charge in [-0.1, -0.05) is 19.9 Å². The standard InChI is InChI=1S/C10H12BF/c1-7-4-5-8(12)6-9(7)10(2,3)11/h4-6H,1-3H3. The Morgan fingerprint density at radius 1 is 1.33 bits per heavy atom. The Morgan fingerprint density at radius 2 is 1.92 bits per heavy atom. The Kier molecular flexibility index (Phi) is 2.27. The van der Waals surface area contributed by atoms with Gasteiger partial charge in [0.2, 0.25) is 0 Å². The third kappa shape index (κ3) is 1.87. The molecular weight excluding hydrogens is 150 g/mol. The minimum Gasteiger partial charge on any atom is -0.207 e. The van der Waals surface area contributed by atoms with Gasteiger partial charge in [-0.25, -0.2) is 4.39 Å². The van der Waals surface area contributed by atoms with E-state index in [1.165, 1.54) is 12.1 Å². The van der Waals surface area contributed by atoms with Crippen molar-refractivity contribution in [2.45, 2.75) is 26.1 Å². The summed E-state index contributed by atoms with van der Waals surface area (Å²) in [5.74, 6) is -0.228. The van der Waals surface area contributed by atoms with Crippen LogP contribution < -0.4 is 0 Å². The first-order chi connectivity index (χ1) is 5.41. The molecule has 1 aromatic carbocycles. The molecule has 0 N–H and O–H groups in total. The number of benzene rings is 1. The Morgan fingerprint density at radius 3 is 2.33 bits per heavy atom. The largest absolute Gasteiger partial charge is 0.207 e. The zero-order chi connectivity index (χ0) is 9.35. The summed E-state index contributed by atoms with van der Waals surface area (Å²) in [5, 5.41) is -0.466. The van der Waals surface area contributed by atoms with Gasteiger partial charge in [0.1, 0.15) is 5.82 Å². The lowest BCUT2D eigenvalue weighted by molar-refractivity contribution is 0.618. The highest BCUT2D eigenvalue weighted by Gasteiger charge is 2.15. The molecule has 0 atom stereocenters. The van der Waals surface area contributed by atoms with Crippen LogP contribution in [0.15, 0.2) is 18.2 Å². The van der Waals surface area contributed by atoms with Gasteiger partial charge in [-0.05, 0) is 35.5 Å². The number of hydrogen-bond donors (Lipinski definition) is 0. The Hall–Kier alpha value is -0.785. The van der Waals surface area contributed by atoms with Gasteiger partial charge >= 0.3 is 0 Å². The normalized spacial score (nSPS) is 11.7. The lowest BCUT2D eigenvalue weighted by atomic mass is 9.66. The molecular formula is C10H12BF. The highest BCUT2D eigenvalue weighted by atomic mass is 19.1. The molecule has 0 amide bonds. The van der Waals surface area contributed by atoms with Gasteiger partial charge in [0.15, 0.2) is 0 Å². The second-order valence-electron chi connectivity index (χ2n) is 3.68. The van der Waals surface area contributed by atoms with Crippen LogP contribution in [0.2, 0.25) is 0 Å². The molecule has 0 aliphatic rings. The van der Waals surface area contributed by atoms with Crippen LogP contribution in [0.25, 0.3) is 0 Å². The molecule has 0 unspecified atom stereocenters. The zero-order valence-corrected chi connectivity index (χ0v) is 7.69. The molecule has 1 rings (SSSR count). The van der Waals surface area contributed by atoms with E-state index in [1.807, 2.05) is 20.8 Å². The number of rotatable bonds is 1. The van der Waals surface area contributed by atoms with E-state index >= 15 is 0 Å². The van der Waals surface area contributed by atoms with E-state index in [0.717, 1.165) is 11.1 Å². The molecule has 0 fully saturated rings. The molecule has 0 saturated carbocycles. The van der Waals surface area contributed by atoms with E-state index in [-0.39, 0.29) is 5.82 Å². The molecule has 2 radical (unpaired) electrons. The number of halogens is 1. The minimum absolute atomic E-state index is 0.228. The van der Waals surface area contributed by atoms with Crippen molar-refractivity contribution < 1.29 is 4.39 Å². The van der Waals surface area contributed by atoms with Gasteiger partial charge in [-0.15, -0.1) is 0 Å². The van der Waals surface area contributed by atoms with Crippen LogP contribution in [-0.4, -0.2) is 7.85 Å². The summed E-state index contributed by atoms with van der Waals surface area (Å²) in [6, 6.07) is 4.69. The van der Waals surface area contributed by atoms with Crippen molar-refractivity contribution >= 4 is 7.85 Å². The maximum absolute atomic E-state index is 12.8. The van der Waals surface area contributed by atoms with Gasteiger partial charge in [0.25, 0.3) is 0 Å². The molecule has 0 aromatic heterocycles. The van der Waals surface area contributed by atoms with Gasteiger partial charge in [-0.2, -0.15) is 0 Å². The average Bonchev–Trinajstić information content (AvgIpc) is 1.92. The van der Waals surface area contributed by atoms with Crippen molar-refractivity contribution in [2.24, 2.45) is 0 Å². The highest BCUT2D eigenvalue weighted by molar-refractivity contribution is 6.15. The second kappa shape index (κ2) is 2.93. The van der Waals surface area contributed by atoms with Crippen LogP contribution in [0.1, 0.15) is 25.0 Å². The molecule has 1 aromatic rings. The first-order valence-electron chi connectivity index (χ1n) is 3.97. The molecule has 0 heterocycles. The topological polar surface area (TPSA) is 0 Å². The number of hydrogen-bond acceptors (Lipinski definition) is 0. The first-order valence-corrected chi connectivity index (χ1v) is 3.97. The third-order valence-electron chi connectivity index (χ3n) is 1.89. The summed E-state index contributed by atoms with van der Waals surface area (Å²) in [6.07, 6.45) is 0. The zero-order valence-electron chi connectivity index (χ0n) is 7.69. The van der Waals surface area contributed by atoms with Crippen LogP contribution in [0, 0.1) is 12.7 Å². The van der Waals surface area contributed by atoms with Crippen molar-refractivity contribution in [3.8, 4) is 0 Å². The molecule has 0 spiro atoms. The van der Waals surface area contributed by atoms with Crippen molar-refractivity contribution in [3.63, 3.8) is 0 Å². The van der Waals surface area contributed by atoms with Gasteiger partial charge in [0.05, 0.1) is 7.85 Å². The van der Waals surface area contributed by atoms with E-state index in [9.17, 15) is 4.39 Å². The SMILES string of the molecule is [B]C(C)(C)c1cc(F)ccc1C.